The molecule has 1 aliphatic rings. The standard InChI is InChI=1S/C18H26O3/c1-2-20-18(19)21-14-8-12-16-11-6-7-13-17(16)15-9-4-3-5-10-15/h6-7,11,13,15H,2-5,8-10,12,14H2,1H3. The van der Waals surface area contributed by atoms with E-state index in [0.29, 0.717) is 13.2 Å². The molecule has 3 nitrogen and oxygen atoms in total. The Labute approximate surface area is 127 Å². The van der Waals surface area contributed by atoms with Crippen molar-refractivity contribution in [3.63, 3.8) is 0 Å². The summed E-state index contributed by atoms with van der Waals surface area (Å²) < 4.78 is 9.78. The van der Waals surface area contributed by atoms with Gasteiger partial charge in [-0.1, -0.05) is 43.5 Å². The summed E-state index contributed by atoms with van der Waals surface area (Å²) in [6, 6.07) is 8.74. The monoisotopic (exact) mass is 290 g/mol. The maximum atomic E-state index is 11.1. The molecule has 2 rings (SSSR count). The second-order valence-electron chi connectivity index (χ2n) is 5.67. The lowest BCUT2D eigenvalue weighted by Crippen LogP contribution is -2.10. The van der Waals surface area contributed by atoms with Gasteiger partial charge in [0, 0.05) is 0 Å². The third-order valence-electron chi connectivity index (χ3n) is 4.17. The predicted molar refractivity (Wildman–Crippen MR) is 83.6 cm³/mol. The van der Waals surface area contributed by atoms with Gasteiger partial charge in [-0.3, -0.25) is 0 Å². The lowest BCUT2D eigenvalue weighted by molar-refractivity contribution is 0.0583. The van der Waals surface area contributed by atoms with E-state index in [1.54, 1.807) is 6.92 Å². The van der Waals surface area contributed by atoms with Crippen LogP contribution in [-0.2, 0) is 15.9 Å². The highest BCUT2D eigenvalue weighted by molar-refractivity contribution is 5.59. The van der Waals surface area contributed by atoms with E-state index in [2.05, 4.69) is 24.3 Å². The van der Waals surface area contributed by atoms with Crippen LogP contribution in [0, 0.1) is 0 Å². The molecule has 0 atom stereocenters. The summed E-state index contributed by atoms with van der Waals surface area (Å²) in [5, 5.41) is 0. The molecule has 0 aromatic heterocycles. The number of carbonyl (C=O) groups is 1. The molecule has 0 bridgehead atoms. The van der Waals surface area contributed by atoms with Crippen molar-refractivity contribution in [2.24, 2.45) is 0 Å². The Morgan fingerprint density at radius 2 is 1.90 bits per heavy atom. The Morgan fingerprint density at radius 1 is 1.14 bits per heavy atom. The second kappa shape index (κ2) is 8.71. The second-order valence-corrected chi connectivity index (χ2v) is 5.67. The Balaban J connectivity index is 1.83. The van der Waals surface area contributed by atoms with Crippen molar-refractivity contribution >= 4 is 6.16 Å². The van der Waals surface area contributed by atoms with E-state index < -0.39 is 6.16 Å². The maximum Gasteiger partial charge on any atom is 0.508 e. The van der Waals surface area contributed by atoms with Crippen molar-refractivity contribution in [2.45, 2.75) is 57.8 Å². The number of hydrogen-bond donors (Lipinski definition) is 0. The molecule has 0 spiro atoms. The Kier molecular flexibility index (Phi) is 6.58. The van der Waals surface area contributed by atoms with Gasteiger partial charge in [0.2, 0.25) is 0 Å². The molecule has 0 radical (unpaired) electrons. The van der Waals surface area contributed by atoms with Crippen molar-refractivity contribution in [3.05, 3.63) is 35.4 Å². The third-order valence-corrected chi connectivity index (χ3v) is 4.17. The molecule has 1 aromatic rings. The van der Waals surface area contributed by atoms with Crippen molar-refractivity contribution in [1.29, 1.82) is 0 Å². The number of aryl methyl sites for hydroxylation is 1. The molecule has 0 amide bonds. The lowest BCUT2D eigenvalue weighted by Gasteiger charge is -2.24. The minimum absolute atomic E-state index is 0.364. The normalized spacial score (nSPS) is 15.7. The van der Waals surface area contributed by atoms with Gasteiger partial charge in [-0.25, -0.2) is 4.79 Å². The smallest absolute Gasteiger partial charge is 0.435 e. The van der Waals surface area contributed by atoms with Crippen LogP contribution >= 0.6 is 0 Å². The van der Waals surface area contributed by atoms with Crippen LogP contribution in [0.1, 0.15) is 62.5 Å². The van der Waals surface area contributed by atoms with Gasteiger partial charge in [-0.2, -0.15) is 0 Å². The van der Waals surface area contributed by atoms with Crippen LogP contribution in [0.3, 0.4) is 0 Å². The fraction of sp³-hybridized carbons (Fsp3) is 0.611. The first-order chi connectivity index (χ1) is 10.3. The molecule has 0 saturated heterocycles. The molecule has 0 unspecified atom stereocenters. The van der Waals surface area contributed by atoms with E-state index in [4.69, 9.17) is 9.47 Å². The molecular formula is C18H26O3. The quantitative estimate of drug-likeness (QED) is 0.555. The van der Waals surface area contributed by atoms with Crippen LogP contribution in [0.4, 0.5) is 4.79 Å². The zero-order valence-corrected chi connectivity index (χ0v) is 13.0. The number of carbonyl (C=O) groups excluding carboxylic acids is 1. The average Bonchev–Trinajstić information content (AvgIpc) is 2.53. The fourth-order valence-corrected chi connectivity index (χ4v) is 3.15. The summed E-state index contributed by atoms with van der Waals surface area (Å²) in [5.74, 6) is 0.723. The molecule has 3 heteroatoms. The summed E-state index contributed by atoms with van der Waals surface area (Å²) in [7, 11) is 0. The van der Waals surface area contributed by atoms with Crippen LogP contribution in [0.25, 0.3) is 0 Å². The summed E-state index contributed by atoms with van der Waals surface area (Å²) in [6.07, 6.45) is 7.97. The highest BCUT2D eigenvalue weighted by Gasteiger charge is 2.17. The molecule has 116 valence electrons. The van der Waals surface area contributed by atoms with Crippen molar-refractivity contribution in [2.75, 3.05) is 13.2 Å². The van der Waals surface area contributed by atoms with Crippen LogP contribution < -0.4 is 0 Å². The van der Waals surface area contributed by atoms with Gasteiger partial charge in [0.25, 0.3) is 0 Å². The molecule has 0 heterocycles. The van der Waals surface area contributed by atoms with Crippen molar-refractivity contribution in [3.8, 4) is 0 Å². The van der Waals surface area contributed by atoms with Gasteiger partial charge in [-0.15, -0.1) is 0 Å². The topological polar surface area (TPSA) is 35.5 Å². The highest BCUT2D eigenvalue weighted by atomic mass is 16.7. The van der Waals surface area contributed by atoms with E-state index in [9.17, 15) is 4.79 Å². The molecule has 1 aromatic carbocycles. The first kappa shape index (κ1) is 15.9. The molecule has 21 heavy (non-hydrogen) atoms. The largest absolute Gasteiger partial charge is 0.508 e. The third kappa shape index (κ3) is 5.07. The first-order valence-electron chi connectivity index (χ1n) is 8.18. The van der Waals surface area contributed by atoms with Crippen molar-refractivity contribution in [1.82, 2.24) is 0 Å². The molecule has 1 aliphatic carbocycles. The Bertz CT molecular complexity index is 436. The molecule has 0 aliphatic heterocycles. The molecular weight excluding hydrogens is 264 g/mol. The summed E-state index contributed by atoms with van der Waals surface area (Å²) in [4.78, 5) is 11.1. The minimum atomic E-state index is -0.557. The van der Waals surface area contributed by atoms with E-state index in [1.807, 2.05) is 0 Å². The fourth-order valence-electron chi connectivity index (χ4n) is 3.15. The number of rotatable bonds is 6. The summed E-state index contributed by atoms with van der Waals surface area (Å²) >= 11 is 0. The Hall–Kier alpha value is -1.51. The zero-order chi connectivity index (χ0) is 14.9. The molecule has 0 N–H and O–H groups in total. The predicted octanol–water partition coefficient (Wildman–Crippen LogP) is 4.84. The number of ether oxygens (including phenoxy) is 2. The van der Waals surface area contributed by atoms with Crippen LogP contribution in [-0.4, -0.2) is 19.4 Å². The summed E-state index contributed by atoms with van der Waals surface area (Å²) in [6.45, 7) is 2.57. The van der Waals surface area contributed by atoms with Gasteiger partial charge in [0.15, 0.2) is 0 Å². The van der Waals surface area contributed by atoms with E-state index in [0.717, 1.165) is 18.8 Å². The summed E-state index contributed by atoms with van der Waals surface area (Å²) in [5.41, 5.74) is 2.92. The van der Waals surface area contributed by atoms with Gasteiger partial charge in [-0.05, 0) is 49.7 Å². The minimum Gasteiger partial charge on any atom is -0.435 e. The van der Waals surface area contributed by atoms with E-state index >= 15 is 0 Å². The van der Waals surface area contributed by atoms with Crippen molar-refractivity contribution < 1.29 is 14.3 Å². The number of benzene rings is 1. The van der Waals surface area contributed by atoms with Gasteiger partial charge in [0.05, 0.1) is 13.2 Å². The zero-order valence-electron chi connectivity index (χ0n) is 13.0. The SMILES string of the molecule is CCOC(=O)OCCCc1ccccc1C1CCCCC1. The molecule has 1 fully saturated rings. The Morgan fingerprint density at radius 3 is 2.67 bits per heavy atom. The van der Waals surface area contributed by atoms with E-state index in [1.165, 1.54) is 43.2 Å². The first-order valence-corrected chi connectivity index (χ1v) is 8.18. The molecule has 1 saturated carbocycles. The van der Waals surface area contributed by atoms with Crippen LogP contribution in [0.15, 0.2) is 24.3 Å². The highest BCUT2D eigenvalue weighted by Crippen LogP contribution is 2.34. The average molecular weight is 290 g/mol. The maximum absolute atomic E-state index is 11.1. The van der Waals surface area contributed by atoms with Crippen LogP contribution in [0.2, 0.25) is 0 Å². The van der Waals surface area contributed by atoms with Gasteiger partial charge >= 0.3 is 6.16 Å². The van der Waals surface area contributed by atoms with Gasteiger partial charge in [0.1, 0.15) is 0 Å². The van der Waals surface area contributed by atoms with Gasteiger partial charge < -0.3 is 9.47 Å². The van der Waals surface area contributed by atoms with Crippen LogP contribution in [0.5, 0.6) is 0 Å². The number of hydrogen-bond acceptors (Lipinski definition) is 3. The lowest BCUT2D eigenvalue weighted by atomic mass is 9.81. The van der Waals surface area contributed by atoms with E-state index in [-0.39, 0.29) is 0 Å².